The molecule has 1 rings (SSSR count). The second kappa shape index (κ2) is 7.71. The topological polar surface area (TPSA) is 66.6 Å². The van der Waals surface area contributed by atoms with Crippen LogP contribution < -0.4 is 5.32 Å². The van der Waals surface area contributed by atoms with Gasteiger partial charge in [0.25, 0.3) is 0 Å². The zero-order chi connectivity index (χ0) is 13.4. The van der Waals surface area contributed by atoms with E-state index in [0.717, 1.165) is 11.3 Å². The van der Waals surface area contributed by atoms with Gasteiger partial charge in [0.2, 0.25) is 0 Å². The monoisotopic (exact) mass is 265 g/mol. The number of aliphatic imine (C=N–C) groups is 1. The highest BCUT2D eigenvalue weighted by molar-refractivity contribution is 8.13. The first kappa shape index (κ1) is 14.5. The molecule has 0 aliphatic rings. The number of hydrogen-bond acceptors (Lipinski definition) is 5. The van der Waals surface area contributed by atoms with Crippen LogP contribution in [0.1, 0.15) is 11.9 Å². The van der Waals surface area contributed by atoms with Crippen LogP contribution in [0, 0.1) is 11.5 Å². The molecule has 18 heavy (non-hydrogen) atoms. The number of benzene rings is 1. The van der Waals surface area contributed by atoms with E-state index in [1.54, 1.807) is 14.2 Å². The molecule has 0 atom stereocenters. The van der Waals surface area contributed by atoms with Gasteiger partial charge in [-0.25, -0.2) is 4.99 Å². The van der Waals surface area contributed by atoms with E-state index in [1.807, 2.05) is 36.7 Å². The van der Waals surface area contributed by atoms with E-state index in [-0.39, 0.29) is 0 Å². The highest BCUT2D eigenvalue weighted by atomic mass is 32.2. The molecule has 96 valence electrons. The summed E-state index contributed by atoms with van der Waals surface area (Å²) in [6.07, 6.45) is 3.28. The Kier molecular flexibility index (Phi) is 6.22. The molecule has 1 aromatic carbocycles. The molecule has 0 bridgehead atoms. The molecule has 0 fully saturated rings. The molecule has 0 radical (unpaired) electrons. The normalized spacial score (nSPS) is 11.4. The van der Waals surface area contributed by atoms with Gasteiger partial charge in [-0.15, -0.1) is 0 Å². The third-order valence-corrected chi connectivity index (χ3v) is 2.74. The van der Waals surface area contributed by atoms with Crippen LogP contribution in [0.4, 0.5) is 5.69 Å². The first-order valence-electron chi connectivity index (χ1n) is 5.18. The molecule has 0 unspecified atom stereocenters. The maximum absolute atomic E-state index is 8.57. The van der Waals surface area contributed by atoms with Crippen LogP contribution in [-0.4, -0.2) is 25.6 Å². The van der Waals surface area contributed by atoms with Crippen molar-refractivity contribution in [3.05, 3.63) is 29.8 Å². The second-order valence-electron chi connectivity index (χ2n) is 3.26. The molecule has 0 amide bonds. The number of amidine groups is 1. The number of rotatable bonds is 4. The Morgan fingerprint density at radius 1 is 1.44 bits per heavy atom. The van der Waals surface area contributed by atoms with Crippen LogP contribution in [0.25, 0.3) is 0 Å². The summed E-state index contributed by atoms with van der Waals surface area (Å²) < 4.78 is 10.4. The van der Waals surface area contributed by atoms with Crippen molar-refractivity contribution in [2.45, 2.75) is 6.29 Å². The number of ether oxygens (including phenoxy) is 2. The summed E-state index contributed by atoms with van der Waals surface area (Å²) in [4.78, 5) is 4.31. The zero-order valence-electron chi connectivity index (χ0n) is 10.5. The van der Waals surface area contributed by atoms with Crippen LogP contribution in [0.2, 0.25) is 0 Å². The van der Waals surface area contributed by atoms with Gasteiger partial charge >= 0.3 is 0 Å². The van der Waals surface area contributed by atoms with E-state index in [4.69, 9.17) is 14.7 Å². The van der Waals surface area contributed by atoms with Gasteiger partial charge in [0, 0.05) is 19.8 Å². The van der Waals surface area contributed by atoms with Crippen molar-refractivity contribution in [2.75, 3.05) is 20.5 Å². The van der Waals surface area contributed by atoms with Crippen LogP contribution >= 0.6 is 11.8 Å². The van der Waals surface area contributed by atoms with E-state index < -0.39 is 6.29 Å². The molecule has 1 N–H and O–H groups in total. The van der Waals surface area contributed by atoms with Gasteiger partial charge in [-0.2, -0.15) is 5.26 Å². The third-order valence-electron chi connectivity index (χ3n) is 2.16. The first-order chi connectivity index (χ1) is 8.74. The molecule has 6 heteroatoms. The maximum atomic E-state index is 8.57. The SMILES string of the molecule is COC(OC)c1cccc(N=C(NC#N)SC)c1. The van der Waals surface area contributed by atoms with Gasteiger partial charge in [0.1, 0.15) is 0 Å². The fraction of sp³-hybridized carbons (Fsp3) is 0.333. The Hall–Kier alpha value is -1.55. The standard InChI is InChI=1S/C12H15N3O2S/c1-16-11(17-2)9-5-4-6-10(7-9)15-12(18-3)14-8-13/h4-7,11H,1-3H3,(H,14,15). The molecule has 0 spiro atoms. The van der Waals surface area contributed by atoms with Gasteiger partial charge < -0.3 is 9.47 Å². The summed E-state index contributed by atoms with van der Waals surface area (Å²) in [6, 6.07) is 7.46. The lowest BCUT2D eigenvalue weighted by Crippen LogP contribution is -2.12. The summed E-state index contributed by atoms with van der Waals surface area (Å²) in [5, 5.41) is 11.6. The minimum Gasteiger partial charge on any atom is -0.352 e. The maximum Gasteiger partial charge on any atom is 0.183 e. The number of hydrogen-bond donors (Lipinski definition) is 1. The van der Waals surface area contributed by atoms with Crippen molar-refractivity contribution in [1.29, 1.82) is 5.26 Å². The zero-order valence-corrected chi connectivity index (χ0v) is 11.3. The van der Waals surface area contributed by atoms with Crippen molar-refractivity contribution < 1.29 is 9.47 Å². The highest BCUT2D eigenvalue weighted by Crippen LogP contribution is 2.22. The van der Waals surface area contributed by atoms with Gasteiger partial charge in [0.15, 0.2) is 17.7 Å². The summed E-state index contributed by atoms with van der Waals surface area (Å²) in [6.45, 7) is 0. The number of methoxy groups -OCH3 is 2. The Balaban J connectivity index is 2.98. The minimum atomic E-state index is -0.415. The average Bonchev–Trinajstić information content (AvgIpc) is 2.40. The van der Waals surface area contributed by atoms with Crippen LogP contribution in [0.5, 0.6) is 0 Å². The van der Waals surface area contributed by atoms with Crippen LogP contribution in [0.3, 0.4) is 0 Å². The first-order valence-corrected chi connectivity index (χ1v) is 6.41. The molecular weight excluding hydrogens is 250 g/mol. The van der Waals surface area contributed by atoms with E-state index >= 15 is 0 Å². The molecule has 5 nitrogen and oxygen atoms in total. The van der Waals surface area contributed by atoms with Crippen LogP contribution in [-0.2, 0) is 9.47 Å². The average molecular weight is 265 g/mol. The van der Waals surface area contributed by atoms with E-state index in [9.17, 15) is 0 Å². The predicted octanol–water partition coefficient (Wildman–Crippen LogP) is 2.40. The Labute approximate surface area is 111 Å². The minimum absolute atomic E-state index is 0.415. The number of nitrogens with one attached hydrogen (secondary N) is 1. The van der Waals surface area contributed by atoms with Crippen molar-refractivity contribution >= 4 is 22.6 Å². The molecule has 0 saturated heterocycles. The van der Waals surface area contributed by atoms with Gasteiger partial charge in [-0.3, -0.25) is 5.32 Å². The molecule has 0 saturated carbocycles. The van der Waals surface area contributed by atoms with Gasteiger partial charge in [-0.05, 0) is 18.4 Å². The number of thioether (sulfide) groups is 1. The largest absolute Gasteiger partial charge is 0.352 e. The summed E-state index contributed by atoms with van der Waals surface area (Å²) in [5.41, 5.74) is 1.61. The Morgan fingerprint density at radius 3 is 2.72 bits per heavy atom. The quantitative estimate of drug-likeness (QED) is 0.298. The van der Waals surface area contributed by atoms with Crippen LogP contribution in [0.15, 0.2) is 29.3 Å². The molecular formula is C12H15N3O2S. The molecule has 0 heterocycles. The molecule has 0 aliphatic heterocycles. The Bertz CT molecular complexity index is 453. The highest BCUT2D eigenvalue weighted by Gasteiger charge is 2.09. The van der Waals surface area contributed by atoms with E-state index in [2.05, 4.69) is 10.3 Å². The summed E-state index contributed by atoms with van der Waals surface area (Å²) >= 11 is 1.37. The van der Waals surface area contributed by atoms with E-state index in [1.165, 1.54) is 11.8 Å². The Morgan fingerprint density at radius 2 is 2.17 bits per heavy atom. The fourth-order valence-electron chi connectivity index (χ4n) is 1.40. The van der Waals surface area contributed by atoms with Gasteiger partial charge in [0.05, 0.1) is 5.69 Å². The molecule has 1 aromatic rings. The predicted molar refractivity (Wildman–Crippen MR) is 72.6 cm³/mol. The number of nitrogens with zero attached hydrogens (tertiary/aromatic N) is 2. The summed E-state index contributed by atoms with van der Waals surface area (Å²) in [5.74, 6) is 0. The number of nitriles is 1. The molecule has 0 aromatic heterocycles. The molecule has 0 aliphatic carbocycles. The lowest BCUT2D eigenvalue weighted by atomic mass is 10.2. The van der Waals surface area contributed by atoms with Crippen molar-refractivity contribution in [3.63, 3.8) is 0 Å². The second-order valence-corrected chi connectivity index (χ2v) is 4.05. The van der Waals surface area contributed by atoms with Crippen molar-refractivity contribution in [3.8, 4) is 6.19 Å². The fourth-order valence-corrected chi connectivity index (χ4v) is 1.74. The third kappa shape index (κ3) is 4.04. The van der Waals surface area contributed by atoms with Crippen molar-refractivity contribution in [1.82, 2.24) is 5.32 Å². The van der Waals surface area contributed by atoms with Gasteiger partial charge in [-0.1, -0.05) is 23.9 Å². The smallest absolute Gasteiger partial charge is 0.183 e. The van der Waals surface area contributed by atoms with E-state index in [0.29, 0.717) is 5.17 Å². The van der Waals surface area contributed by atoms with Crippen molar-refractivity contribution in [2.24, 2.45) is 4.99 Å². The summed E-state index contributed by atoms with van der Waals surface area (Å²) in [7, 11) is 3.16. The lowest BCUT2D eigenvalue weighted by molar-refractivity contribution is -0.105. The lowest BCUT2D eigenvalue weighted by Gasteiger charge is -2.13.